The first-order valence-electron chi connectivity index (χ1n) is 9.34. The van der Waals surface area contributed by atoms with Gasteiger partial charge in [-0.05, 0) is 30.3 Å². The van der Waals surface area contributed by atoms with Crippen molar-refractivity contribution in [1.82, 2.24) is 0 Å². The minimum absolute atomic E-state index is 0.304. The second-order valence-corrected chi connectivity index (χ2v) is 6.19. The maximum atomic E-state index is 12.4. The van der Waals surface area contributed by atoms with Crippen molar-refractivity contribution in [2.24, 2.45) is 0 Å². The van der Waals surface area contributed by atoms with Crippen molar-refractivity contribution in [2.75, 3.05) is 50.2 Å². The summed E-state index contributed by atoms with van der Waals surface area (Å²) in [7, 11) is 3.91. The highest BCUT2D eigenvalue weighted by atomic mass is 19.4. The zero-order valence-electron chi connectivity index (χ0n) is 16.7. The van der Waals surface area contributed by atoms with Gasteiger partial charge in [0, 0.05) is 14.1 Å². The molecule has 0 spiro atoms. The molecule has 0 atom stereocenters. The summed E-state index contributed by atoms with van der Waals surface area (Å²) in [6.07, 6.45) is -4.31. The summed E-state index contributed by atoms with van der Waals surface area (Å²) in [5, 5.41) is 0. The molecule has 2 heterocycles. The molecule has 4 nitrogen and oxygen atoms in total. The molecule has 2 aromatic rings. The maximum Gasteiger partial charge on any atom is 0.416 e. The van der Waals surface area contributed by atoms with Crippen LogP contribution in [0.1, 0.15) is 19.4 Å². The molecule has 0 aromatic heterocycles. The van der Waals surface area contributed by atoms with Crippen LogP contribution < -0.4 is 19.3 Å². The predicted molar refractivity (Wildman–Crippen MR) is 107 cm³/mol. The molecule has 7 heteroatoms. The minimum Gasteiger partial charge on any atom is -0.490 e. The van der Waals surface area contributed by atoms with Crippen molar-refractivity contribution in [3.05, 3.63) is 48.0 Å². The van der Waals surface area contributed by atoms with Gasteiger partial charge in [-0.3, -0.25) is 0 Å². The van der Waals surface area contributed by atoms with Crippen LogP contribution in [-0.2, 0) is 6.18 Å². The third kappa shape index (κ3) is 5.24. The lowest BCUT2D eigenvalue weighted by atomic mass is 10.1. The van der Waals surface area contributed by atoms with Gasteiger partial charge in [0.15, 0.2) is 0 Å². The van der Waals surface area contributed by atoms with Crippen molar-refractivity contribution in [1.29, 1.82) is 0 Å². The number of para-hydroxylation sites is 2. The average Bonchev–Trinajstić information content (AvgIpc) is 2.70. The number of halogens is 3. The van der Waals surface area contributed by atoms with Gasteiger partial charge in [0.1, 0.15) is 24.7 Å². The topological polar surface area (TPSA) is 24.9 Å². The first-order chi connectivity index (χ1) is 13.4. The standard InChI is InChI=1S/C10H10F3NO.C9H11NO.C2H6/c1-14-4-5-15-9-6-7(10(11,12)13)2-3-8(9)14;1-10-6-7-11-9-5-3-2-4-8(9)10;1-2/h2-3,6H,4-5H2,1H3;2-5H,6-7H2,1H3;1-2H3. The van der Waals surface area contributed by atoms with Gasteiger partial charge >= 0.3 is 6.18 Å². The summed E-state index contributed by atoms with van der Waals surface area (Å²) in [4.78, 5) is 4.08. The van der Waals surface area contributed by atoms with Crippen LogP contribution >= 0.6 is 0 Å². The molecular weight excluding hydrogens is 369 g/mol. The second kappa shape index (κ2) is 9.57. The largest absolute Gasteiger partial charge is 0.490 e. The van der Waals surface area contributed by atoms with E-state index in [1.54, 1.807) is 0 Å². The Morgan fingerprint density at radius 3 is 1.89 bits per heavy atom. The SMILES string of the molecule is CC.CN1CCOc2cc(C(F)(F)F)ccc21.CN1CCOc2ccccc21. The lowest BCUT2D eigenvalue weighted by Gasteiger charge is -2.28. The zero-order valence-corrected chi connectivity index (χ0v) is 16.7. The van der Waals surface area contributed by atoms with E-state index in [4.69, 9.17) is 9.47 Å². The number of alkyl halides is 3. The highest BCUT2D eigenvalue weighted by Gasteiger charge is 2.32. The quantitative estimate of drug-likeness (QED) is 0.620. The monoisotopic (exact) mass is 396 g/mol. The average molecular weight is 396 g/mol. The van der Waals surface area contributed by atoms with Gasteiger partial charge in [0.05, 0.1) is 30.0 Å². The number of nitrogens with zero attached hydrogens (tertiary/aromatic N) is 2. The van der Waals surface area contributed by atoms with Crippen LogP contribution in [0.15, 0.2) is 42.5 Å². The Labute approximate surface area is 164 Å². The minimum atomic E-state index is -4.31. The highest BCUT2D eigenvalue weighted by molar-refractivity contribution is 5.61. The van der Waals surface area contributed by atoms with Crippen LogP contribution in [0.3, 0.4) is 0 Å². The van der Waals surface area contributed by atoms with Crippen LogP contribution in [0.5, 0.6) is 11.5 Å². The van der Waals surface area contributed by atoms with E-state index in [0.29, 0.717) is 24.6 Å². The summed E-state index contributed by atoms with van der Waals surface area (Å²) in [5.74, 6) is 1.31. The summed E-state index contributed by atoms with van der Waals surface area (Å²) < 4.78 is 47.8. The number of hydrogen-bond acceptors (Lipinski definition) is 4. The van der Waals surface area contributed by atoms with Gasteiger partial charge in [-0.2, -0.15) is 13.2 Å². The Bertz CT molecular complexity index is 766. The second-order valence-electron chi connectivity index (χ2n) is 6.19. The van der Waals surface area contributed by atoms with Gasteiger partial charge in [-0.15, -0.1) is 0 Å². The van der Waals surface area contributed by atoms with Crippen LogP contribution in [0.25, 0.3) is 0 Å². The summed E-state index contributed by atoms with van der Waals surface area (Å²) in [5.41, 5.74) is 1.23. The molecule has 0 N–H and O–H groups in total. The molecule has 2 aromatic carbocycles. The molecule has 2 aliphatic rings. The molecule has 0 radical (unpaired) electrons. The van der Waals surface area contributed by atoms with E-state index in [0.717, 1.165) is 31.0 Å². The molecule has 28 heavy (non-hydrogen) atoms. The number of ether oxygens (including phenoxy) is 2. The molecule has 0 bridgehead atoms. The normalized spacial score (nSPS) is 14.8. The predicted octanol–water partition coefficient (Wildman–Crippen LogP) is 5.08. The summed E-state index contributed by atoms with van der Waals surface area (Å²) in [6, 6.07) is 11.7. The third-order valence-corrected chi connectivity index (χ3v) is 4.34. The van der Waals surface area contributed by atoms with Crippen molar-refractivity contribution in [3.63, 3.8) is 0 Å². The van der Waals surface area contributed by atoms with Crippen molar-refractivity contribution in [2.45, 2.75) is 20.0 Å². The molecule has 0 aliphatic carbocycles. The van der Waals surface area contributed by atoms with Crippen LogP contribution in [-0.4, -0.2) is 40.4 Å². The Morgan fingerprint density at radius 1 is 0.786 bits per heavy atom. The maximum absolute atomic E-state index is 12.4. The number of hydrogen-bond donors (Lipinski definition) is 0. The number of benzene rings is 2. The van der Waals surface area contributed by atoms with E-state index < -0.39 is 11.7 Å². The molecule has 4 rings (SSSR count). The Morgan fingerprint density at radius 2 is 1.32 bits per heavy atom. The molecule has 0 amide bonds. The molecular formula is C21H27F3N2O2. The first-order valence-corrected chi connectivity index (χ1v) is 9.34. The summed E-state index contributed by atoms with van der Waals surface area (Å²) >= 11 is 0. The van der Waals surface area contributed by atoms with Gasteiger partial charge in [0.2, 0.25) is 0 Å². The van der Waals surface area contributed by atoms with Crippen molar-refractivity contribution >= 4 is 11.4 Å². The third-order valence-electron chi connectivity index (χ3n) is 4.34. The Balaban J connectivity index is 0.000000191. The van der Waals surface area contributed by atoms with E-state index in [1.807, 2.05) is 44.0 Å². The number of likely N-dealkylation sites (N-methyl/N-ethyl adjacent to an activating group) is 2. The molecule has 0 fully saturated rings. The van der Waals surface area contributed by atoms with E-state index in [1.165, 1.54) is 11.8 Å². The Kier molecular flexibility index (Phi) is 7.43. The molecule has 0 unspecified atom stereocenters. The van der Waals surface area contributed by atoms with Crippen LogP contribution in [0, 0.1) is 0 Å². The van der Waals surface area contributed by atoms with Gasteiger partial charge in [-0.25, -0.2) is 0 Å². The molecule has 2 aliphatic heterocycles. The first kappa shape index (κ1) is 21.7. The van der Waals surface area contributed by atoms with Gasteiger partial charge in [0.25, 0.3) is 0 Å². The number of fused-ring (bicyclic) bond motifs is 2. The van der Waals surface area contributed by atoms with Gasteiger partial charge in [-0.1, -0.05) is 26.0 Å². The van der Waals surface area contributed by atoms with Crippen molar-refractivity contribution < 1.29 is 22.6 Å². The zero-order chi connectivity index (χ0) is 20.7. The fourth-order valence-electron chi connectivity index (χ4n) is 2.84. The molecule has 154 valence electrons. The lowest BCUT2D eigenvalue weighted by Crippen LogP contribution is -2.29. The van der Waals surface area contributed by atoms with Crippen LogP contribution in [0.4, 0.5) is 24.5 Å². The van der Waals surface area contributed by atoms with Crippen LogP contribution in [0.2, 0.25) is 0 Å². The number of rotatable bonds is 0. The molecule has 0 saturated heterocycles. The van der Waals surface area contributed by atoms with Crippen molar-refractivity contribution in [3.8, 4) is 11.5 Å². The fraction of sp³-hybridized carbons (Fsp3) is 0.429. The van der Waals surface area contributed by atoms with E-state index in [-0.39, 0.29) is 0 Å². The highest BCUT2D eigenvalue weighted by Crippen LogP contribution is 2.37. The number of anilines is 2. The van der Waals surface area contributed by atoms with E-state index >= 15 is 0 Å². The lowest BCUT2D eigenvalue weighted by molar-refractivity contribution is -0.137. The fourth-order valence-corrected chi connectivity index (χ4v) is 2.84. The Hall–Kier alpha value is -2.57. The smallest absolute Gasteiger partial charge is 0.416 e. The van der Waals surface area contributed by atoms with E-state index in [2.05, 4.69) is 18.0 Å². The molecule has 0 saturated carbocycles. The van der Waals surface area contributed by atoms with E-state index in [9.17, 15) is 13.2 Å². The van der Waals surface area contributed by atoms with Gasteiger partial charge < -0.3 is 19.3 Å². The summed E-state index contributed by atoms with van der Waals surface area (Å²) in [6.45, 7) is 6.90.